The highest BCUT2D eigenvalue weighted by Crippen LogP contribution is 2.38. The first-order valence-electron chi connectivity index (χ1n) is 8.13. The van der Waals surface area contributed by atoms with E-state index in [1.165, 1.54) is 17.2 Å². The first-order chi connectivity index (χ1) is 13.6. The van der Waals surface area contributed by atoms with E-state index in [4.69, 9.17) is 35.6 Å². The predicted octanol–water partition coefficient (Wildman–Crippen LogP) is -3.53. The minimum Gasteiger partial charge on any atom is -0.394 e. The monoisotopic (exact) mass is 439 g/mol. The minimum atomic E-state index is -4.72. The van der Waals surface area contributed by atoms with E-state index in [-0.39, 0.29) is 24.7 Å². The summed E-state index contributed by atoms with van der Waals surface area (Å²) >= 11 is 0. The number of nitrogens with zero attached hydrogens (tertiary/aromatic N) is 4. The molecule has 0 bridgehead atoms. The van der Waals surface area contributed by atoms with Crippen LogP contribution >= 0.6 is 7.82 Å². The Balaban J connectivity index is 0.000000438. The van der Waals surface area contributed by atoms with E-state index in [1.807, 2.05) is 0 Å². The molecule has 0 aliphatic carbocycles. The van der Waals surface area contributed by atoms with Gasteiger partial charge in [-0.3, -0.25) is 9.09 Å². The molecule has 4 atom stereocenters. The number of nitrogens with two attached hydrogens (primary N) is 1. The highest BCUT2D eigenvalue weighted by molar-refractivity contribution is 7.46. The molecule has 9 N–H and O–H groups in total. The number of phosphoric ester groups is 1. The topological polar surface area (TPSA) is 247 Å². The second-order valence-electron chi connectivity index (χ2n) is 5.93. The van der Waals surface area contributed by atoms with Crippen LogP contribution in [0.5, 0.6) is 0 Å². The summed E-state index contributed by atoms with van der Waals surface area (Å²) in [6.07, 6.45) is -3.44. The fourth-order valence-electron chi connectivity index (χ4n) is 2.38. The largest absolute Gasteiger partial charge is 0.469 e. The quantitative estimate of drug-likeness (QED) is 0.203. The van der Waals surface area contributed by atoms with Crippen molar-refractivity contribution >= 4 is 24.8 Å². The molecule has 3 rings (SSSR count). The molecule has 2 aromatic rings. The summed E-state index contributed by atoms with van der Waals surface area (Å²) in [7, 11) is -4.72. The van der Waals surface area contributed by atoms with Gasteiger partial charge >= 0.3 is 7.82 Å². The van der Waals surface area contributed by atoms with Gasteiger partial charge in [0.25, 0.3) is 0 Å². The molecule has 164 valence electrons. The number of hydrogen-bond acceptors (Lipinski definition) is 12. The fraction of sp³-hybridized carbons (Fsp3) is 0.615. The minimum absolute atomic E-state index is 0.142. The molecule has 1 aliphatic rings. The zero-order chi connectivity index (χ0) is 21.8. The highest BCUT2D eigenvalue weighted by Gasteiger charge is 2.45. The molecule has 3 heterocycles. The lowest BCUT2D eigenvalue weighted by atomic mass is 10.1. The van der Waals surface area contributed by atoms with E-state index in [0.29, 0.717) is 5.52 Å². The summed E-state index contributed by atoms with van der Waals surface area (Å²) in [5, 5.41) is 44.1. The Morgan fingerprint density at radius 3 is 2.41 bits per heavy atom. The van der Waals surface area contributed by atoms with Crippen LogP contribution in [0, 0.1) is 0 Å². The highest BCUT2D eigenvalue weighted by atomic mass is 31.2. The summed E-state index contributed by atoms with van der Waals surface area (Å²) in [4.78, 5) is 29.2. The van der Waals surface area contributed by atoms with Gasteiger partial charge in [0, 0.05) is 0 Å². The van der Waals surface area contributed by atoms with E-state index >= 15 is 0 Å². The molecule has 0 unspecified atom stereocenters. The molecule has 0 radical (unpaired) electrons. The first kappa shape index (κ1) is 23.5. The maximum Gasteiger partial charge on any atom is 0.469 e. The molecule has 1 aliphatic heterocycles. The van der Waals surface area contributed by atoms with E-state index in [9.17, 15) is 14.8 Å². The van der Waals surface area contributed by atoms with Crippen LogP contribution in [0.3, 0.4) is 0 Å². The van der Waals surface area contributed by atoms with Crippen molar-refractivity contribution in [3.63, 3.8) is 0 Å². The third kappa shape index (κ3) is 5.86. The Labute approximate surface area is 163 Å². The lowest BCUT2D eigenvalue weighted by molar-refractivity contribution is -0.0504. The number of aliphatic hydroxyl groups excluding tert-OH is 5. The van der Waals surface area contributed by atoms with Crippen LogP contribution < -0.4 is 5.73 Å². The van der Waals surface area contributed by atoms with Gasteiger partial charge in [0.2, 0.25) is 0 Å². The van der Waals surface area contributed by atoms with Gasteiger partial charge in [-0.1, -0.05) is 0 Å². The number of anilines is 1. The predicted molar refractivity (Wildman–Crippen MR) is 93.8 cm³/mol. The van der Waals surface area contributed by atoms with Crippen LogP contribution in [0.15, 0.2) is 12.7 Å². The van der Waals surface area contributed by atoms with E-state index in [2.05, 4.69) is 19.5 Å². The average molecular weight is 439 g/mol. The summed E-state index contributed by atoms with van der Waals surface area (Å²) in [6, 6.07) is 0. The van der Waals surface area contributed by atoms with Gasteiger partial charge in [0.15, 0.2) is 17.7 Å². The van der Waals surface area contributed by atoms with Crippen molar-refractivity contribution in [1.82, 2.24) is 19.5 Å². The van der Waals surface area contributed by atoms with E-state index in [0.717, 1.165) is 0 Å². The smallest absolute Gasteiger partial charge is 0.394 e. The molecule has 29 heavy (non-hydrogen) atoms. The summed E-state index contributed by atoms with van der Waals surface area (Å²) in [5.41, 5.74) is 6.25. The second kappa shape index (κ2) is 9.82. The van der Waals surface area contributed by atoms with Crippen LogP contribution in [0.25, 0.3) is 11.2 Å². The third-order valence-corrected chi connectivity index (χ3v) is 4.31. The zero-order valence-corrected chi connectivity index (χ0v) is 15.7. The Morgan fingerprint density at radius 1 is 1.21 bits per heavy atom. The number of aromatic nitrogens is 4. The van der Waals surface area contributed by atoms with E-state index < -0.39 is 45.1 Å². The van der Waals surface area contributed by atoms with Crippen molar-refractivity contribution in [3.8, 4) is 0 Å². The van der Waals surface area contributed by atoms with Crippen molar-refractivity contribution in [2.45, 2.75) is 30.6 Å². The van der Waals surface area contributed by atoms with Crippen LogP contribution in [0.4, 0.5) is 5.82 Å². The molecule has 16 heteroatoms. The van der Waals surface area contributed by atoms with E-state index in [1.54, 1.807) is 0 Å². The van der Waals surface area contributed by atoms with Crippen LogP contribution in [-0.4, -0.2) is 99.1 Å². The molecule has 0 spiro atoms. The van der Waals surface area contributed by atoms with Gasteiger partial charge < -0.3 is 45.8 Å². The number of rotatable bonds is 6. The normalized spacial score (nSPS) is 24.7. The number of nitrogen functional groups attached to an aromatic ring is 1. The van der Waals surface area contributed by atoms with Crippen molar-refractivity contribution in [2.24, 2.45) is 0 Å². The zero-order valence-electron chi connectivity index (χ0n) is 14.8. The Morgan fingerprint density at radius 2 is 1.86 bits per heavy atom. The Hall–Kier alpha value is -1.78. The SMILES string of the molecule is Nc1ncnc2c1ncn2[C@@H]1O[C@H](COP(=O)(O)O)[C@@H](O)[C@H]1O.OCC(O)CO. The Kier molecular flexibility index (Phi) is 7.95. The van der Waals surface area contributed by atoms with Gasteiger partial charge in [-0.05, 0) is 0 Å². The Bertz CT molecular complexity index is 842. The molecule has 1 fully saturated rings. The molecular formula is C13H22N5O10P. The molecule has 0 saturated carbocycles. The summed E-state index contributed by atoms with van der Waals surface area (Å²) < 4.78 is 21.8. The number of phosphoric acid groups is 1. The third-order valence-electron chi connectivity index (χ3n) is 3.83. The van der Waals surface area contributed by atoms with Gasteiger partial charge in [-0.25, -0.2) is 19.5 Å². The molecular weight excluding hydrogens is 417 g/mol. The van der Waals surface area contributed by atoms with Crippen LogP contribution in [0.2, 0.25) is 0 Å². The van der Waals surface area contributed by atoms with Crippen molar-refractivity contribution < 1.29 is 49.1 Å². The standard InChI is InChI=1S/C10H14N5O7P.C3H8O3/c11-8-5-9(13-2-12-8)15(3-14-5)10-7(17)6(16)4(22-10)1-21-23(18,19)20;4-1-3(6)2-5/h2-4,6-7,10,16-17H,1H2,(H2,11,12,13)(H2,18,19,20);3-6H,1-2H2/t4-,6-,7-,10-;/m1./s1. The summed E-state index contributed by atoms with van der Waals surface area (Å²) in [5.74, 6) is 0.142. The second-order valence-corrected chi connectivity index (χ2v) is 7.17. The maximum atomic E-state index is 10.7. The number of fused-ring (bicyclic) bond motifs is 1. The van der Waals surface area contributed by atoms with Gasteiger partial charge in [0.1, 0.15) is 36.3 Å². The molecule has 15 nitrogen and oxygen atoms in total. The number of hydrogen-bond donors (Lipinski definition) is 8. The first-order valence-corrected chi connectivity index (χ1v) is 9.66. The summed E-state index contributed by atoms with van der Waals surface area (Å²) in [6.45, 7) is -1.32. The van der Waals surface area contributed by atoms with Crippen molar-refractivity contribution in [1.29, 1.82) is 0 Å². The molecule has 0 aromatic carbocycles. The maximum absolute atomic E-state index is 10.7. The van der Waals surface area contributed by atoms with Gasteiger partial charge in [-0.2, -0.15) is 0 Å². The molecule has 0 amide bonds. The van der Waals surface area contributed by atoms with Gasteiger partial charge in [0.05, 0.1) is 26.1 Å². The van der Waals surface area contributed by atoms with Crippen molar-refractivity contribution in [2.75, 3.05) is 25.6 Å². The van der Waals surface area contributed by atoms with Crippen LogP contribution in [0.1, 0.15) is 6.23 Å². The number of aliphatic hydroxyl groups is 5. The average Bonchev–Trinajstić information content (AvgIpc) is 3.22. The molecule has 2 aromatic heterocycles. The number of imidazole rings is 1. The van der Waals surface area contributed by atoms with Crippen molar-refractivity contribution in [3.05, 3.63) is 12.7 Å². The lowest BCUT2D eigenvalue weighted by Crippen LogP contribution is -2.33. The number of ether oxygens (including phenoxy) is 1. The fourth-order valence-corrected chi connectivity index (χ4v) is 2.72. The molecule has 1 saturated heterocycles. The lowest BCUT2D eigenvalue weighted by Gasteiger charge is -2.16. The van der Waals surface area contributed by atoms with Crippen LogP contribution in [-0.2, 0) is 13.8 Å². The van der Waals surface area contributed by atoms with Gasteiger partial charge in [-0.15, -0.1) is 0 Å².